The van der Waals surface area contributed by atoms with Crippen molar-refractivity contribution in [2.24, 2.45) is 13.0 Å². The van der Waals surface area contributed by atoms with E-state index in [1.807, 2.05) is 23.7 Å². The second-order valence-corrected chi connectivity index (χ2v) is 10.5. The van der Waals surface area contributed by atoms with E-state index in [4.69, 9.17) is 10.5 Å². The number of aliphatic hydroxyl groups excluding tert-OH is 1. The molecule has 2 saturated heterocycles. The van der Waals surface area contributed by atoms with Gasteiger partial charge in [-0.3, -0.25) is 9.69 Å². The lowest BCUT2D eigenvalue weighted by Crippen LogP contribution is -2.61. The molecular formula is C29H33N7O3. The number of β-amino-alcohol motifs (C(OH)–C–C–N with tert-alkyl or cyclic N) is 1. The number of carbonyl (C=O) groups excluding carboxylic acids is 1. The summed E-state index contributed by atoms with van der Waals surface area (Å²) in [4.78, 5) is 26.8. The molecular weight excluding hydrogens is 494 g/mol. The molecule has 3 N–H and O–H groups in total. The van der Waals surface area contributed by atoms with Crippen LogP contribution in [-0.2, 0) is 11.8 Å². The Balaban J connectivity index is 1.27. The molecule has 2 atom stereocenters. The predicted octanol–water partition coefficient (Wildman–Crippen LogP) is 1.48. The normalized spacial score (nSPS) is 21.5. The summed E-state index contributed by atoms with van der Waals surface area (Å²) in [7, 11) is 4.02. The summed E-state index contributed by atoms with van der Waals surface area (Å²) in [6.07, 6.45) is 2.95. The summed E-state index contributed by atoms with van der Waals surface area (Å²) in [6, 6.07) is 6.20. The number of anilines is 2. The maximum atomic E-state index is 11.9. The quantitative estimate of drug-likeness (QED) is 0.389. The highest BCUT2D eigenvalue weighted by molar-refractivity contribution is 6.04. The number of aryl methyl sites for hydroxylation is 1. The molecule has 2 aromatic heterocycles. The van der Waals surface area contributed by atoms with E-state index in [2.05, 4.69) is 51.3 Å². The first-order valence-electron chi connectivity index (χ1n) is 13.3. The Hall–Kier alpha value is -4.07. The van der Waals surface area contributed by atoms with Gasteiger partial charge in [0, 0.05) is 57.8 Å². The number of amides is 1. The standard InChI is InChI=1S/C29H33N7O3/c1-4-25(38)35-10-9-20(23(37)16-35)36-14-18(15-36)5-7-21-26(27-28(30)31-17-32-29(27)34(21)3)19-6-8-24-22(13-19)33(2)11-12-39-24/h4,6,8,13,17-18,20,23,37H,1,9-12,14-16H2,2-3H3,(H2,30,31,32)/t20-,23+/m1/s1. The minimum Gasteiger partial charge on any atom is -0.490 e. The van der Waals surface area contributed by atoms with Crippen molar-refractivity contribution in [3.63, 3.8) is 0 Å². The van der Waals surface area contributed by atoms with Gasteiger partial charge in [0.05, 0.1) is 23.7 Å². The molecule has 10 nitrogen and oxygen atoms in total. The maximum absolute atomic E-state index is 11.9. The number of nitrogen functional groups attached to an aromatic ring is 1. The molecule has 10 heteroatoms. The van der Waals surface area contributed by atoms with E-state index >= 15 is 0 Å². The molecule has 5 heterocycles. The van der Waals surface area contributed by atoms with Crippen molar-refractivity contribution in [1.82, 2.24) is 24.3 Å². The molecule has 39 heavy (non-hydrogen) atoms. The van der Waals surface area contributed by atoms with Gasteiger partial charge in [-0.2, -0.15) is 0 Å². The van der Waals surface area contributed by atoms with Crippen LogP contribution in [-0.4, -0.2) is 93.9 Å². The molecule has 3 aliphatic rings. The molecule has 1 amide bonds. The molecule has 2 fully saturated rings. The SMILES string of the molecule is C=CC(=O)N1CC[C@@H](N2CC(C#Cc3c(-c4ccc5c(c4)N(C)CCO5)c4c(N)ncnc4n3C)C2)[C@@H](O)C1. The molecule has 3 aliphatic heterocycles. The second kappa shape index (κ2) is 9.91. The topological polar surface area (TPSA) is 113 Å². The number of aromatic nitrogens is 3. The van der Waals surface area contributed by atoms with Crippen LogP contribution in [0, 0.1) is 17.8 Å². The van der Waals surface area contributed by atoms with Crippen molar-refractivity contribution >= 4 is 28.4 Å². The number of aliphatic hydroxyl groups is 1. The third kappa shape index (κ3) is 4.37. The zero-order valence-corrected chi connectivity index (χ0v) is 22.3. The third-order valence-electron chi connectivity index (χ3n) is 8.15. The van der Waals surface area contributed by atoms with Crippen molar-refractivity contribution in [1.29, 1.82) is 0 Å². The van der Waals surface area contributed by atoms with Crippen LogP contribution in [0.3, 0.4) is 0 Å². The van der Waals surface area contributed by atoms with E-state index in [0.717, 1.165) is 65.3 Å². The molecule has 6 rings (SSSR count). The number of ether oxygens (including phenoxy) is 1. The first kappa shape index (κ1) is 25.2. The summed E-state index contributed by atoms with van der Waals surface area (Å²) >= 11 is 0. The van der Waals surface area contributed by atoms with Crippen LogP contribution in [0.1, 0.15) is 12.1 Å². The Kier molecular flexibility index (Phi) is 6.41. The number of nitrogens with two attached hydrogens (primary N) is 1. The monoisotopic (exact) mass is 527 g/mol. The van der Waals surface area contributed by atoms with Crippen LogP contribution in [0.5, 0.6) is 5.75 Å². The summed E-state index contributed by atoms with van der Waals surface area (Å²) in [5.74, 6) is 8.24. The summed E-state index contributed by atoms with van der Waals surface area (Å²) in [5, 5.41) is 11.5. The number of hydrogen-bond donors (Lipinski definition) is 2. The van der Waals surface area contributed by atoms with Crippen LogP contribution in [0.4, 0.5) is 11.5 Å². The fourth-order valence-electron chi connectivity index (χ4n) is 5.93. The van der Waals surface area contributed by atoms with Gasteiger partial charge in [0.25, 0.3) is 0 Å². The smallest absolute Gasteiger partial charge is 0.246 e. The second-order valence-electron chi connectivity index (χ2n) is 10.5. The third-order valence-corrected chi connectivity index (χ3v) is 8.15. The van der Waals surface area contributed by atoms with Crippen molar-refractivity contribution in [3.8, 4) is 28.7 Å². The van der Waals surface area contributed by atoms with Crippen LogP contribution in [0.2, 0.25) is 0 Å². The number of carbonyl (C=O) groups is 1. The van der Waals surface area contributed by atoms with Crippen molar-refractivity contribution in [3.05, 3.63) is 42.9 Å². The largest absolute Gasteiger partial charge is 0.490 e. The number of nitrogens with zero attached hydrogens (tertiary/aromatic N) is 6. The first-order chi connectivity index (χ1) is 18.9. The van der Waals surface area contributed by atoms with E-state index in [1.165, 1.54) is 12.4 Å². The highest BCUT2D eigenvalue weighted by atomic mass is 16.5. The zero-order chi connectivity index (χ0) is 27.3. The minimum absolute atomic E-state index is 0.0369. The van der Waals surface area contributed by atoms with Gasteiger partial charge in [-0.1, -0.05) is 18.6 Å². The Morgan fingerprint density at radius 1 is 1.23 bits per heavy atom. The average Bonchev–Trinajstić information content (AvgIpc) is 3.20. The number of hydrogen-bond acceptors (Lipinski definition) is 8. The number of likely N-dealkylation sites (tertiary alicyclic amines) is 2. The first-order valence-corrected chi connectivity index (χ1v) is 13.3. The Morgan fingerprint density at radius 3 is 2.82 bits per heavy atom. The molecule has 3 aromatic rings. The van der Waals surface area contributed by atoms with Gasteiger partial charge in [-0.05, 0) is 36.1 Å². The fraction of sp³-hybridized carbons (Fsp3) is 0.414. The van der Waals surface area contributed by atoms with Gasteiger partial charge in [-0.15, -0.1) is 0 Å². The number of benzene rings is 1. The summed E-state index contributed by atoms with van der Waals surface area (Å²) in [6.45, 7) is 7.56. The number of likely N-dealkylation sites (N-methyl/N-ethyl adjacent to an activating group) is 1. The lowest BCUT2D eigenvalue weighted by atomic mass is 9.91. The van der Waals surface area contributed by atoms with Gasteiger partial charge < -0.3 is 29.9 Å². The maximum Gasteiger partial charge on any atom is 0.246 e. The number of rotatable bonds is 3. The van der Waals surface area contributed by atoms with Crippen molar-refractivity contribution in [2.45, 2.75) is 18.6 Å². The fourth-order valence-corrected chi connectivity index (χ4v) is 5.93. The van der Waals surface area contributed by atoms with E-state index < -0.39 is 6.10 Å². The highest BCUT2D eigenvalue weighted by Crippen LogP contribution is 2.40. The van der Waals surface area contributed by atoms with Gasteiger partial charge in [-0.25, -0.2) is 9.97 Å². The van der Waals surface area contributed by atoms with Crippen molar-refractivity contribution in [2.75, 3.05) is 57.0 Å². The van der Waals surface area contributed by atoms with Crippen LogP contribution < -0.4 is 15.4 Å². The Labute approximate surface area is 227 Å². The molecule has 1 aromatic carbocycles. The Bertz CT molecular complexity index is 1510. The summed E-state index contributed by atoms with van der Waals surface area (Å²) < 4.78 is 7.84. The summed E-state index contributed by atoms with van der Waals surface area (Å²) in [5.41, 5.74) is 10.9. The van der Waals surface area contributed by atoms with Crippen LogP contribution in [0.15, 0.2) is 37.2 Å². The molecule has 0 bridgehead atoms. The van der Waals surface area contributed by atoms with E-state index in [1.54, 1.807) is 4.90 Å². The molecule has 0 saturated carbocycles. The van der Waals surface area contributed by atoms with Crippen LogP contribution >= 0.6 is 0 Å². The van der Waals surface area contributed by atoms with Gasteiger partial charge in [0.15, 0.2) is 0 Å². The predicted molar refractivity (Wildman–Crippen MR) is 150 cm³/mol. The molecule has 0 aliphatic carbocycles. The number of fused-ring (bicyclic) bond motifs is 2. The van der Waals surface area contributed by atoms with Crippen LogP contribution in [0.25, 0.3) is 22.2 Å². The van der Waals surface area contributed by atoms with Gasteiger partial charge in [0.1, 0.15) is 35.8 Å². The number of piperidine rings is 1. The van der Waals surface area contributed by atoms with E-state index in [9.17, 15) is 9.90 Å². The van der Waals surface area contributed by atoms with E-state index in [0.29, 0.717) is 25.5 Å². The lowest BCUT2D eigenvalue weighted by molar-refractivity contribution is -0.132. The highest BCUT2D eigenvalue weighted by Gasteiger charge is 2.38. The lowest BCUT2D eigenvalue weighted by Gasteiger charge is -2.47. The molecule has 0 spiro atoms. The average molecular weight is 528 g/mol. The van der Waals surface area contributed by atoms with Gasteiger partial charge in [0.2, 0.25) is 5.91 Å². The molecule has 0 radical (unpaired) electrons. The minimum atomic E-state index is -0.575. The van der Waals surface area contributed by atoms with Crippen molar-refractivity contribution < 1.29 is 14.6 Å². The molecule has 0 unspecified atom stereocenters. The Morgan fingerprint density at radius 2 is 2.05 bits per heavy atom. The van der Waals surface area contributed by atoms with E-state index in [-0.39, 0.29) is 17.9 Å². The van der Waals surface area contributed by atoms with Gasteiger partial charge >= 0.3 is 0 Å². The zero-order valence-electron chi connectivity index (χ0n) is 22.3. The molecule has 202 valence electrons.